The van der Waals surface area contributed by atoms with Gasteiger partial charge in [0.25, 0.3) is 0 Å². The van der Waals surface area contributed by atoms with Gasteiger partial charge in [0.05, 0.1) is 20.6 Å². The first kappa shape index (κ1) is 9.76. The molecule has 0 amide bonds. The molecule has 0 radical (unpaired) electrons. The van der Waals surface area contributed by atoms with Gasteiger partial charge in [0.15, 0.2) is 0 Å². The Kier molecular flexibility index (Phi) is 2.13. The summed E-state index contributed by atoms with van der Waals surface area (Å²) in [6, 6.07) is 1.77. The van der Waals surface area contributed by atoms with E-state index < -0.39 is 0 Å². The lowest BCUT2D eigenvalue weighted by Crippen LogP contribution is -1.79. The summed E-state index contributed by atoms with van der Waals surface area (Å²) in [6.45, 7) is 0. The summed E-state index contributed by atoms with van der Waals surface area (Å²) in [5.74, 6) is 1.55. The van der Waals surface area contributed by atoms with Gasteiger partial charge in [-0.15, -0.1) is 0 Å². The van der Waals surface area contributed by atoms with Gasteiger partial charge in [-0.05, 0) is 18.9 Å². The van der Waals surface area contributed by atoms with Crippen LogP contribution < -0.4 is 0 Å². The SMILES string of the molecule is Clc1cc2[nH]c(C3CC3)nc2c(Cl)c1Cl. The molecule has 2 nitrogen and oxygen atoms in total. The molecule has 1 aromatic heterocycles. The third kappa shape index (κ3) is 1.52. The van der Waals surface area contributed by atoms with Crippen LogP contribution in [-0.4, -0.2) is 9.97 Å². The summed E-state index contributed by atoms with van der Waals surface area (Å²) in [7, 11) is 0. The number of aromatic nitrogens is 2. The van der Waals surface area contributed by atoms with Crippen molar-refractivity contribution < 1.29 is 0 Å². The lowest BCUT2D eigenvalue weighted by atomic mass is 10.3. The third-order valence-electron chi connectivity index (χ3n) is 2.60. The van der Waals surface area contributed by atoms with Crippen LogP contribution in [0.15, 0.2) is 6.07 Å². The lowest BCUT2D eigenvalue weighted by Gasteiger charge is -1.98. The Morgan fingerprint density at radius 1 is 1.20 bits per heavy atom. The maximum atomic E-state index is 6.07. The Morgan fingerprint density at radius 3 is 2.60 bits per heavy atom. The molecule has 0 saturated heterocycles. The largest absolute Gasteiger partial charge is 0.342 e. The van der Waals surface area contributed by atoms with Crippen LogP contribution in [0.3, 0.4) is 0 Å². The zero-order valence-corrected chi connectivity index (χ0v) is 9.92. The first-order valence-electron chi connectivity index (χ1n) is 4.70. The number of H-pyrrole nitrogens is 1. The molecule has 0 unspecified atom stereocenters. The Morgan fingerprint density at radius 2 is 1.93 bits per heavy atom. The molecular formula is C10H7Cl3N2. The van der Waals surface area contributed by atoms with E-state index in [0.717, 1.165) is 11.3 Å². The summed E-state index contributed by atoms with van der Waals surface area (Å²) < 4.78 is 0. The number of fused-ring (bicyclic) bond motifs is 1. The van der Waals surface area contributed by atoms with E-state index in [1.807, 2.05) is 0 Å². The minimum Gasteiger partial charge on any atom is -0.342 e. The molecule has 1 aliphatic rings. The number of imidazole rings is 1. The van der Waals surface area contributed by atoms with E-state index in [9.17, 15) is 0 Å². The first-order chi connectivity index (χ1) is 7.16. The molecule has 2 aromatic rings. The van der Waals surface area contributed by atoms with Crippen LogP contribution >= 0.6 is 34.8 Å². The van der Waals surface area contributed by atoms with Crippen LogP contribution in [0, 0.1) is 0 Å². The maximum Gasteiger partial charge on any atom is 0.110 e. The molecule has 5 heteroatoms. The summed E-state index contributed by atoms with van der Waals surface area (Å²) in [5.41, 5.74) is 1.57. The summed E-state index contributed by atoms with van der Waals surface area (Å²) in [6.07, 6.45) is 2.39. The van der Waals surface area contributed by atoms with E-state index in [-0.39, 0.29) is 0 Å². The van der Waals surface area contributed by atoms with Gasteiger partial charge in [0.2, 0.25) is 0 Å². The van der Waals surface area contributed by atoms with Crippen LogP contribution in [-0.2, 0) is 0 Å². The quantitative estimate of drug-likeness (QED) is 0.757. The zero-order valence-electron chi connectivity index (χ0n) is 7.65. The van der Waals surface area contributed by atoms with Crippen molar-refractivity contribution >= 4 is 45.8 Å². The summed E-state index contributed by atoms with van der Waals surface area (Å²) in [4.78, 5) is 7.67. The van der Waals surface area contributed by atoms with Crippen LogP contribution in [0.25, 0.3) is 11.0 Å². The number of halogens is 3. The number of aromatic amines is 1. The number of hydrogen-bond donors (Lipinski definition) is 1. The van der Waals surface area contributed by atoms with Crippen LogP contribution in [0.2, 0.25) is 15.1 Å². The number of hydrogen-bond acceptors (Lipinski definition) is 1. The second-order valence-electron chi connectivity index (χ2n) is 3.78. The Hall–Kier alpha value is -0.440. The molecule has 15 heavy (non-hydrogen) atoms. The van der Waals surface area contributed by atoms with Gasteiger partial charge >= 0.3 is 0 Å². The molecule has 0 aliphatic heterocycles. The number of rotatable bonds is 1. The third-order valence-corrected chi connectivity index (χ3v) is 3.85. The van der Waals surface area contributed by atoms with Crippen molar-refractivity contribution in [2.75, 3.05) is 0 Å². The van der Waals surface area contributed by atoms with E-state index in [1.54, 1.807) is 6.07 Å². The molecule has 0 atom stereocenters. The van der Waals surface area contributed by atoms with Crippen molar-refractivity contribution in [2.45, 2.75) is 18.8 Å². The smallest absolute Gasteiger partial charge is 0.110 e. The molecule has 1 aliphatic carbocycles. The minimum absolute atomic E-state index is 0.375. The van der Waals surface area contributed by atoms with Gasteiger partial charge in [0, 0.05) is 5.92 Å². The fourth-order valence-electron chi connectivity index (χ4n) is 1.63. The highest BCUT2D eigenvalue weighted by Crippen LogP contribution is 2.41. The molecule has 1 saturated carbocycles. The fraction of sp³-hybridized carbons (Fsp3) is 0.300. The fourth-order valence-corrected chi connectivity index (χ4v) is 2.27. The predicted octanol–water partition coefficient (Wildman–Crippen LogP) is 4.40. The van der Waals surface area contributed by atoms with Gasteiger partial charge in [-0.2, -0.15) is 0 Å². The molecule has 1 heterocycles. The predicted molar refractivity (Wildman–Crippen MR) is 63.1 cm³/mol. The molecule has 0 spiro atoms. The molecule has 1 aromatic carbocycles. The van der Waals surface area contributed by atoms with Crippen LogP contribution in [0.1, 0.15) is 24.6 Å². The van der Waals surface area contributed by atoms with Crippen molar-refractivity contribution in [3.63, 3.8) is 0 Å². The van der Waals surface area contributed by atoms with E-state index >= 15 is 0 Å². The molecule has 1 fully saturated rings. The summed E-state index contributed by atoms with van der Waals surface area (Å²) in [5, 5.41) is 1.27. The van der Waals surface area contributed by atoms with E-state index in [1.165, 1.54) is 12.8 Å². The van der Waals surface area contributed by atoms with Crippen LogP contribution in [0.4, 0.5) is 0 Å². The van der Waals surface area contributed by atoms with Crippen molar-refractivity contribution in [1.29, 1.82) is 0 Å². The van der Waals surface area contributed by atoms with Gasteiger partial charge in [-0.1, -0.05) is 34.8 Å². The monoisotopic (exact) mass is 260 g/mol. The standard InChI is InChI=1S/C10H7Cl3N2/c11-5-3-6-9(8(13)7(5)12)15-10(14-6)4-1-2-4/h3-4H,1-2H2,(H,14,15). The zero-order chi connectivity index (χ0) is 10.6. The minimum atomic E-state index is 0.375. The first-order valence-corrected chi connectivity index (χ1v) is 5.83. The average molecular weight is 262 g/mol. The lowest BCUT2D eigenvalue weighted by molar-refractivity contribution is 0.986. The molecule has 1 N–H and O–H groups in total. The van der Waals surface area contributed by atoms with Gasteiger partial charge in [-0.25, -0.2) is 4.98 Å². The second kappa shape index (κ2) is 3.27. The summed E-state index contributed by atoms with van der Waals surface area (Å²) >= 11 is 17.9. The van der Waals surface area contributed by atoms with Gasteiger partial charge < -0.3 is 4.98 Å². The van der Waals surface area contributed by atoms with E-state index in [2.05, 4.69) is 9.97 Å². The topological polar surface area (TPSA) is 28.7 Å². The Bertz CT molecular complexity index is 543. The van der Waals surface area contributed by atoms with Gasteiger partial charge in [0.1, 0.15) is 11.3 Å². The van der Waals surface area contributed by atoms with Crippen LogP contribution in [0.5, 0.6) is 0 Å². The number of nitrogens with one attached hydrogen (secondary N) is 1. The number of benzene rings is 1. The van der Waals surface area contributed by atoms with E-state index in [0.29, 0.717) is 26.5 Å². The Balaban J connectivity index is 2.29. The number of nitrogens with zero attached hydrogens (tertiary/aromatic N) is 1. The van der Waals surface area contributed by atoms with Crippen molar-refractivity contribution in [2.24, 2.45) is 0 Å². The normalized spacial score (nSPS) is 16.2. The highest BCUT2D eigenvalue weighted by molar-refractivity contribution is 6.50. The van der Waals surface area contributed by atoms with Crippen molar-refractivity contribution in [1.82, 2.24) is 9.97 Å². The molecule has 78 valence electrons. The van der Waals surface area contributed by atoms with Crippen molar-refractivity contribution in [3.05, 3.63) is 27.0 Å². The second-order valence-corrected chi connectivity index (χ2v) is 4.94. The van der Waals surface area contributed by atoms with Crippen molar-refractivity contribution in [3.8, 4) is 0 Å². The molecular weight excluding hydrogens is 254 g/mol. The van der Waals surface area contributed by atoms with E-state index in [4.69, 9.17) is 34.8 Å². The highest BCUT2D eigenvalue weighted by Gasteiger charge is 2.27. The average Bonchev–Trinajstić information content (AvgIpc) is 2.97. The maximum absolute atomic E-state index is 6.07. The highest BCUT2D eigenvalue weighted by atomic mass is 35.5. The molecule has 0 bridgehead atoms. The van der Waals surface area contributed by atoms with Gasteiger partial charge in [-0.3, -0.25) is 0 Å². The Labute approximate surface area is 102 Å². The molecule has 3 rings (SSSR count).